The lowest BCUT2D eigenvalue weighted by atomic mass is 9.82. The standard InChI is InChI=1S/C19H24N2O6/c1-12-9-13-15(22)11-19(26-16(13)14(10-12)21(24)25)5-7-20(8-6-19)17(23)27-18(2,3)4/h9-10H,5-8,11H2,1-4H3. The Morgan fingerprint density at radius 1 is 1.30 bits per heavy atom. The number of piperidine rings is 1. The predicted molar refractivity (Wildman–Crippen MR) is 97.2 cm³/mol. The van der Waals surface area contributed by atoms with Crippen molar-refractivity contribution >= 4 is 17.6 Å². The van der Waals surface area contributed by atoms with Crippen molar-refractivity contribution < 1.29 is 24.0 Å². The molecular formula is C19H24N2O6. The van der Waals surface area contributed by atoms with Crippen LogP contribution in [0.1, 0.15) is 56.0 Å². The van der Waals surface area contributed by atoms with Crippen molar-refractivity contribution in [1.29, 1.82) is 0 Å². The maximum Gasteiger partial charge on any atom is 0.410 e. The van der Waals surface area contributed by atoms with Gasteiger partial charge in [-0.2, -0.15) is 0 Å². The molecule has 146 valence electrons. The van der Waals surface area contributed by atoms with Gasteiger partial charge in [-0.3, -0.25) is 14.9 Å². The quantitative estimate of drug-likeness (QED) is 0.548. The molecule has 8 heteroatoms. The molecule has 3 rings (SSSR count). The molecule has 0 unspecified atom stereocenters. The highest BCUT2D eigenvalue weighted by molar-refractivity contribution is 6.02. The average molecular weight is 376 g/mol. The van der Waals surface area contributed by atoms with E-state index in [0.29, 0.717) is 31.5 Å². The van der Waals surface area contributed by atoms with E-state index in [1.54, 1.807) is 38.7 Å². The number of nitrogens with zero attached hydrogens (tertiary/aromatic N) is 2. The number of nitro benzene ring substituents is 1. The van der Waals surface area contributed by atoms with Gasteiger partial charge in [0.2, 0.25) is 5.75 Å². The van der Waals surface area contributed by atoms with Crippen LogP contribution < -0.4 is 4.74 Å². The van der Waals surface area contributed by atoms with Crippen LogP contribution in [0.3, 0.4) is 0 Å². The highest BCUT2D eigenvalue weighted by Crippen LogP contribution is 2.44. The van der Waals surface area contributed by atoms with Crippen LogP contribution in [0.2, 0.25) is 0 Å². The fourth-order valence-electron chi connectivity index (χ4n) is 3.55. The third kappa shape index (κ3) is 3.89. The lowest BCUT2D eigenvalue weighted by Crippen LogP contribution is -2.53. The first kappa shape index (κ1) is 19.1. The molecule has 0 aromatic heterocycles. The number of Topliss-reactive ketones (excluding diaryl/α,β-unsaturated/α-hetero) is 1. The van der Waals surface area contributed by atoms with Crippen LogP contribution in [0, 0.1) is 17.0 Å². The average Bonchev–Trinajstić information content (AvgIpc) is 2.54. The molecule has 2 aliphatic heterocycles. The molecule has 2 aliphatic rings. The Bertz CT molecular complexity index is 786. The molecule has 2 heterocycles. The Morgan fingerprint density at radius 3 is 2.48 bits per heavy atom. The van der Waals surface area contributed by atoms with Crippen LogP contribution in [0.15, 0.2) is 12.1 Å². The summed E-state index contributed by atoms with van der Waals surface area (Å²) in [5.41, 5.74) is -0.675. The molecule has 0 saturated carbocycles. The van der Waals surface area contributed by atoms with Crippen LogP contribution in [0.4, 0.5) is 10.5 Å². The molecule has 1 aromatic carbocycles. The summed E-state index contributed by atoms with van der Waals surface area (Å²) in [5, 5.41) is 11.4. The number of likely N-dealkylation sites (tertiary alicyclic amines) is 1. The number of carbonyl (C=O) groups is 2. The van der Waals surface area contributed by atoms with E-state index < -0.39 is 22.2 Å². The van der Waals surface area contributed by atoms with Gasteiger partial charge in [-0.1, -0.05) is 0 Å². The van der Waals surface area contributed by atoms with Crippen molar-refractivity contribution in [3.63, 3.8) is 0 Å². The minimum Gasteiger partial charge on any atom is -0.479 e. The Hall–Kier alpha value is -2.64. The second kappa shape index (κ2) is 6.51. The Balaban J connectivity index is 1.80. The van der Waals surface area contributed by atoms with Crippen LogP contribution >= 0.6 is 0 Å². The highest BCUT2D eigenvalue weighted by atomic mass is 16.6. The minimum absolute atomic E-state index is 0.0487. The van der Waals surface area contributed by atoms with E-state index in [-0.39, 0.29) is 29.2 Å². The maximum absolute atomic E-state index is 12.7. The van der Waals surface area contributed by atoms with Crippen molar-refractivity contribution in [3.8, 4) is 5.75 Å². The summed E-state index contributed by atoms with van der Waals surface area (Å²) >= 11 is 0. The highest BCUT2D eigenvalue weighted by Gasteiger charge is 2.46. The lowest BCUT2D eigenvalue weighted by Gasteiger charge is -2.43. The number of rotatable bonds is 1. The van der Waals surface area contributed by atoms with Crippen LogP contribution in [0.25, 0.3) is 0 Å². The van der Waals surface area contributed by atoms with E-state index in [4.69, 9.17) is 9.47 Å². The van der Waals surface area contributed by atoms with Gasteiger partial charge >= 0.3 is 11.8 Å². The minimum atomic E-state index is -0.817. The van der Waals surface area contributed by atoms with E-state index >= 15 is 0 Å². The summed E-state index contributed by atoms with van der Waals surface area (Å²) in [7, 11) is 0. The second-order valence-electron chi connectivity index (χ2n) is 8.27. The lowest BCUT2D eigenvalue weighted by molar-refractivity contribution is -0.386. The number of hydrogen-bond donors (Lipinski definition) is 0. The van der Waals surface area contributed by atoms with E-state index in [1.165, 1.54) is 6.07 Å². The normalized spacial score (nSPS) is 18.7. The fourth-order valence-corrected chi connectivity index (χ4v) is 3.55. The van der Waals surface area contributed by atoms with E-state index in [2.05, 4.69) is 0 Å². The second-order valence-corrected chi connectivity index (χ2v) is 8.27. The molecular weight excluding hydrogens is 352 g/mol. The number of aryl methyl sites for hydroxylation is 1. The fraction of sp³-hybridized carbons (Fsp3) is 0.579. The van der Waals surface area contributed by atoms with Crippen molar-refractivity contribution in [2.24, 2.45) is 0 Å². The zero-order valence-electron chi connectivity index (χ0n) is 16.0. The van der Waals surface area contributed by atoms with Gasteiger partial charge in [0, 0.05) is 32.0 Å². The van der Waals surface area contributed by atoms with Gasteiger partial charge in [-0.05, 0) is 39.3 Å². The topological polar surface area (TPSA) is 99.0 Å². The van der Waals surface area contributed by atoms with Gasteiger partial charge in [0.1, 0.15) is 11.2 Å². The summed E-state index contributed by atoms with van der Waals surface area (Å²) in [6.45, 7) is 7.87. The van der Waals surface area contributed by atoms with Crippen molar-refractivity contribution in [3.05, 3.63) is 33.4 Å². The SMILES string of the molecule is Cc1cc2c(c([N+](=O)[O-])c1)OC1(CCN(C(=O)OC(C)(C)C)CC1)CC2=O. The van der Waals surface area contributed by atoms with Crippen molar-refractivity contribution in [2.45, 2.75) is 58.2 Å². The molecule has 1 amide bonds. The monoisotopic (exact) mass is 376 g/mol. The number of amides is 1. The number of nitro groups is 1. The van der Waals surface area contributed by atoms with Gasteiger partial charge in [0.15, 0.2) is 5.78 Å². The number of carbonyl (C=O) groups excluding carboxylic acids is 2. The number of fused-ring (bicyclic) bond motifs is 1. The third-order valence-electron chi connectivity index (χ3n) is 4.84. The maximum atomic E-state index is 12.7. The predicted octanol–water partition coefficient (Wildman–Crippen LogP) is 3.64. The van der Waals surface area contributed by atoms with E-state index in [0.717, 1.165) is 0 Å². The number of benzene rings is 1. The van der Waals surface area contributed by atoms with E-state index in [1.807, 2.05) is 0 Å². The first-order chi connectivity index (χ1) is 12.5. The van der Waals surface area contributed by atoms with Gasteiger partial charge < -0.3 is 14.4 Å². The summed E-state index contributed by atoms with van der Waals surface area (Å²) < 4.78 is 11.4. The molecule has 0 atom stereocenters. The van der Waals surface area contributed by atoms with Gasteiger partial charge in [-0.25, -0.2) is 4.79 Å². The zero-order valence-corrected chi connectivity index (χ0v) is 16.0. The number of hydrogen-bond acceptors (Lipinski definition) is 6. The molecule has 1 spiro atoms. The molecule has 0 radical (unpaired) electrons. The van der Waals surface area contributed by atoms with Gasteiger partial charge in [0.05, 0.1) is 16.9 Å². The third-order valence-corrected chi connectivity index (χ3v) is 4.84. The number of ketones is 1. The number of ether oxygens (including phenoxy) is 2. The first-order valence-electron chi connectivity index (χ1n) is 8.99. The van der Waals surface area contributed by atoms with Crippen LogP contribution in [0.5, 0.6) is 5.75 Å². The largest absolute Gasteiger partial charge is 0.479 e. The Kier molecular flexibility index (Phi) is 4.61. The molecule has 27 heavy (non-hydrogen) atoms. The van der Waals surface area contributed by atoms with Gasteiger partial charge in [-0.15, -0.1) is 0 Å². The molecule has 0 aliphatic carbocycles. The summed E-state index contributed by atoms with van der Waals surface area (Å²) in [5.74, 6) is -0.110. The summed E-state index contributed by atoms with van der Waals surface area (Å²) in [4.78, 5) is 37.4. The molecule has 1 aromatic rings. The molecule has 0 bridgehead atoms. The molecule has 8 nitrogen and oxygen atoms in total. The van der Waals surface area contributed by atoms with Crippen molar-refractivity contribution in [1.82, 2.24) is 4.90 Å². The molecule has 1 saturated heterocycles. The van der Waals surface area contributed by atoms with Crippen LogP contribution in [-0.4, -0.2) is 46.0 Å². The Labute approximate surface area is 157 Å². The molecule has 0 N–H and O–H groups in total. The summed E-state index contributed by atoms with van der Waals surface area (Å²) in [6, 6.07) is 3.05. The summed E-state index contributed by atoms with van der Waals surface area (Å²) in [6.07, 6.45) is 0.592. The van der Waals surface area contributed by atoms with Crippen molar-refractivity contribution in [2.75, 3.05) is 13.1 Å². The Morgan fingerprint density at radius 2 is 1.93 bits per heavy atom. The zero-order chi connectivity index (χ0) is 20.0. The molecule has 1 fully saturated rings. The van der Waals surface area contributed by atoms with Crippen LogP contribution in [-0.2, 0) is 4.74 Å². The van der Waals surface area contributed by atoms with Gasteiger partial charge in [0.25, 0.3) is 0 Å². The smallest absolute Gasteiger partial charge is 0.410 e. The first-order valence-corrected chi connectivity index (χ1v) is 8.99. The van der Waals surface area contributed by atoms with E-state index in [9.17, 15) is 19.7 Å².